The van der Waals surface area contributed by atoms with Crippen molar-refractivity contribution in [1.29, 1.82) is 0 Å². The lowest BCUT2D eigenvalue weighted by atomic mass is 9.87. The van der Waals surface area contributed by atoms with Crippen molar-refractivity contribution in [2.24, 2.45) is 5.92 Å². The monoisotopic (exact) mass is 718 g/mol. The van der Waals surface area contributed by atoms with Crippen LogP contribution in [0.1, 0.15) is 38.3 Å². The van der Waals surface area contributed by atoms with Crippen molar-refractivity contribution in [1.82, 2.24) is 29.1 Å². The minimum absolute atomic E-state index is 0. The average Bonchev–Trinajstić information content (AvgIpc) is 3.90. The van der Waals surface area contributed by atoms with E-state index in [-0.39, 0.29) is 29.7 Å². The fourth-order valence-corrected chi connectivity index (χ4v) is 7.24. The van der Waals surface area contributed by atoms with Gasteiger partial charge >= 0.3 is 5.69 Å². The Labute approximate surface area is 300 Å². The van der Waals surface area contributed by atoms with Gasteiger partial charge in [-0.3, -0.25) is 0 Å². The van der Waals surface area contributed by atoms with E-state index >= 15 is 0 Å². The first-order valence-corrected chi connectivity index (χ1v) is 17.3. The number of piperazine rings is 1. The predicted octanol–water partition coefficient (Wildman–Crippen LogP) is 3.75. The number of nitrogens with zero attached hydrogens (tertiary/aromatic N) is 8. The molecular formula is C37H44F2N8O5. The van der Waals surface area contributed by atoms with Crippen LogP contribution >= 0.6 is 0 Å². The van der Waals surface area contributed by atoms with Gasteiger partial charge in [0.05, 0.1) is 37.6 Å². The van der Waals surface area contributed by atoms with Crippen LogP contribution in [0.3, 0.4) is 0 Å². The number of aliphatic hydroxyl groups excluding tert-OH is 1. The molecule has 2 aromatic heterocycles. The lowest BCUT2D eigenvalue weighted by Crippen LogP contribution is -2.46. The number of aliphatic hydroxyl groups is 1. The maximum absolute atomic E-state index is 15.0. The van der Waals surface area contributed by atoms with Crippen LogP contribution < -0.4 is 20.2 Å². The minimum Gasteiger partial charge on any atom is -0.493 e. The zero-order valence-electron chi connectivity index (χ0n) is 29.2. The van der Waals surface area contributed by atoms with E-state index in [0.29, 0.717) is 31.6 Å². The molecule has 52 heavy (non-hydrogen) atoms. The summed E-state index contributed by atoms with van der Waals surface area (Å²) < 4.78 is 45.6. The minimum atomic E-state index is -1.02. The number of ether oxygens (including phenoxy) is 2. The molecule has 2 aliphatic heterocycles. The quantitative estimate of drug-likeness (QED) is 0.204. The van der Waals surface area contributed by atoms with Gasteiger partial charge in [0.15, 0.2) is 0 Å². The summed E-state index contributed by atoms with van der Waals surface area (Å²) in [6, 6.07) is 19.2. The third-order valence-corrected chi connectivity index (χ3v) is 9.96. The Balaban J connectivity index is 0.00000464. The Morgan fingerprint density at radius 1 is 0.942 bits per heavy atom. The number of halogens is 2. The van der Waals surface area contributed by atoms with Gasteiger partial charge in [0.1, 0.15) is 42.0 Å². The van der Waals surface area contributed by atoms with E-state index in [0.717, 1.165) is 55.1 Å². The summed E-state index contributed by atoms with van der Waals surface area (Å²) in [5.74, 6) is -0.563. The summed E-state index contributed by atoms with van der Waals surface area (Å²) >= 11 is 0. The summed E-state index contributed by atoms with van der Waals surface area (Å²) in [7, 11) is 0. The second-order valence-electron chi connectivity index (χ2n) is 13.3. The highest BCUT2D eigenvalue weighted by Crippen LogP contribution is 2.42. The highest BCUT2D eigenvalue weighted by atomic mass is 19.1. The van der Waals surface area contributed by atoms with Crippen molar-refractivity contribution in [3.8, 4) is 11.4 Å². The molecular weight excluding hydrogens is 674 g/mol. The molecule has 0 spiro atoms. The van der Waals surface area contributed by atoms with E-state index in [9.17, 15) is 18.7 Å². The van der Waals surface area contributed by atoms with E-state index in [1.807, 2.05) is 43.3 Å². The highest BCUT2D eigenvalue weighted by molar-refractivity contribution is 5.54. The first-order chi connectivity index (χ1) is 24.7. The van der Waals surface area contributed by atoms with Crippen molar-refractivity contribution in [3.63, 3.8) is 0 Å². The largest absolute Gasteiger partial charge is 0.493 e. The van der Waals surface area contributed by atoms with Crippen molar-refractivity contribution >= 4 is 11.4 Å². The SMILES string of the molecule is CC[C@@H]([C@H](C)O)n1ncn(-c2ccc(N3CCN(c4ccc(OCC5CO[C@@](Cn6cncn6)(c6ccc(F)cc6F)C5)cc4)CC3)cc2)c1=O.O. The Morgan fingerprint density at radius 3 is 2.19 bits per heavy atom. The van der Waals surface area contributed by atoms with Gasteiger partial charge in [-0.05, 0) is 74.4 Å². The number of hydrogen-bond acceptors (Lipinski definition) is 9. The molecule has 0 saturated carbocycles. The lowest BCUT2D eigenvalue weighted by molar-refractivity contribution is -0.0206. The van der Waals surface area contributed by atoms with Gasteiger partial charge < -0.3 is 29.9 Å². The van der Waals surface area contributed by atoms with Crippen molar-refractivity contribution in [2.75, 3.05) is 49.2 Å². The zero-order valence-corrected chi connectivity index (χ0v) is 29.2. The third kappa shape index (κ3) is 7.56. The molecule has 5 aromatic rings. The number of rotatable bonds is 12. The van der Waals surface area contributed by atoms with Crippen LogP contribution in [-0.2, 0) is 16.9 Å². The molecule has 15 heteroatoms. The van der Waals surface area contributed by atoms with E-state index in [1.54, 1.807) is 17.9 Å². The Morgan fingerprint density at radius 2 is 1.60 bits per heavy atom. The van der Waals surface area contributed by atoms with E-state index in [4.69, 9.17) is 9.47 Å². The first kappa shape index (κ1) is 36.7. The van der Waals surface area contributed by atoms with Crippen molar-refractivity contribution in [2.45, 2.75) is 51.0 Å². The van der Waals surface area contributed by atoms with Crippen LogP contribution in [-0.4, -0.2) is 85.2 Å². The maximum Gasteiger partial charge on any atom is 0.350 e. The molecule has 2 aliphatic rings. The van der Waals surface area contributed by atoms with Gasteiger partial charge in [0.2, 0.25) is 0 Å². The zero-order chi connectivity index (χ0) is 35.5. The summed E-state index contributed by atoms with van der Waals surface area (Å²) in [6.45, 7) is 7.97. The summed E-state index contributed by atoms with van der Waals surface area (Å²) in [5, 5.41) is 18.5. The molecule has 4 heterocycles. The Kier molecular flexibility index (Phi) is 11.0. The third-order valence-electron chi connectivity index (χ3n) is 9.96. The summed E-state index contributed by atoms with van der Waals surface area (Å²) in [6.07, 6.45) is 4.88. The first-order valence-electron chi connectivity index (χ1n) is 17.3. The number of aromatic nitrogens is 6. The number of benzene rings is 3. The highest BCUT2D eigenvalue weighted by Gasteiger charge is 2.44. The molecule has 1 unspecified atom stereocenters. The summed E-state index contributed by atoms with van der Waals surface area (Å²) in [4.78, 5) is 21.7. The molecule has 13 nitrogen and oxygen atoms in total. The van der Waals surface area contributed by atoms with Gasteiger partial charge in [0.25, 0.3) is 0 Å². The van der Waals surface area contributed by atoms with E-state index in [2.05, 4.69) is 37.1 Å². The van der Waals surface area contributed by atoms with Crippen LogP contribution in [0, 0.1) is 17.6 Å². The van der Waals surface area contributed by atoms with Gasteiger partial charge in [0, 0.05) is 55.1 Å². The van der Waals surface area contributed by atoms with Gasteiger partial charge in [-0.25, -0.2) is 32.5 Å². The predicted molar refractivity (Wildman–Crippen MR) is 191 cm³/mol. The second-order valence-corrected chi connectivity index (χ2v) is 13.3. The van der Waals surface area contributed by atoms with Gasteiger partial charge in [-0.1, -0.05) is 13.0 Å². The van der Waals surface area contributed by atoms with Gasteiger partial charge in [-0.15, -0.1) is 0 Å². The fourth-order valence-electron chi connectivity index (χ4n) is 7.24. The molecule has 2 fully saturated rings. The molecule has 0 bridgehead atoms. The molecule has 7 rings (SSSR count). The average molecular weight is 719 g/mol. The second kappa shape index (κ2) is 15.6. The molecule has 276 valence electrons. The molecule has 0 amide bonds. The van der Waals surface area contributed by atoms with Gasteiger partial charge in [-0.2, -0.15) is 10.2 Å². The molecule has 4 atom stereocenters. The number of anilines is 2. The molecule has 2 saturated heterocycles. The Bertz CT molecular complexity index is 1960. The maximum atomic E-state index is 15.0. The lowest BCUT2D eigenvalue weighted by Gasteiger charge is -2.37. The van der Waals surface area contributed by atoms with Crippen LogP contribution in [0.4, 0.5) is 20.2 Å². The van der Waals surface area contributed by atoms with Crippen molar-refractivity contribution in [3.05, 3.63) is 113 Å². The standard InChI is InChI=1S/C37H42F2N8O4.H2O/c1-3-35(26(2)48)47-36(49)46(25-42-47)31-7-5-29(6-8-31)43-14-16-44(17-15-43)30-9-11-32(12-10-30)50-20-27-19-37(51-21-27,22-45-24-40-23-41-45)33-13-4-28(38)18-34(33)39;/h4-13,18,23-27,35,48H,3,14-17,19-22H2,1-2H3;1H2/t26-,27?,35-,37-;/m0./s1. The van der Waals surface area contributed by atoms with Crippen LogP contribution in [0.5, 0.6) is 5.75 Å². The van der Waals surface area contributed by atoms with Crippen LogP contribution in [0.2, 0.25) is 0 Å². The normalized spacial score (nSPS) is 20.1. The van der Waals surface area contributed by atoms with E-state index < -0.39 is 23.3 Å². The number of hydrogen-bond donors (Lipinski definition) is 1. The molecule has 0 radical (unpaired) electrons. The summed E-state index contributed by atoms with van der Waals surface area (Å²) in [5.41, 5.74) is 1.93. The fraction of sp³-hybridized carbons (Fsp3) is 0.405. The van der Waals surface area contributed by atoms with E-state index in [1.165, 1.54) is 34.0 Å². The molecule has 3 N–H and O–H groups in total. The molecule has 3 aromatic carbocycles. The molecule has 0 aliphatic carbocycles. The van der Waals surface area contributed by atoms with Crippen LogP contribution in [0.25, 0.3) is 5.69 Å². The Hall–Kier alpha value is -5.12. The smallest absolute Gasteiger partial charge is 0.350 e. The van der Waals surface area contributed by atoms with Crippen LogP contribution in [0.15, 0.2) is 90.5 Å². The van der Waals surface area contributed by atoms with Crippen molar-refractivity contribution < 1.29 is 28.8 Å². The topological polar surface area (TPSA) is 147 Å².